The molecule has 174 valence electrons. The first-order valence-electron chi connectivity index (χ1n) is 11.2. The smallest absolute Gasteiger partial charge is 0.331 e. The van der Waals surface area contributed by atoms with Crippen LogP contribution in [0.1, 0.15) is 24.8 Å². The SMILES string of the molecule is CCOC(=O)[C@@H]1CN(CCn2c(=O)c3ccccc3n(C)c2=O)CC[C@@H]1c1ccc(F)cc1. The number of aromatic nitrogens is 2. The van der Waals surface area contributed by atoms with Gasteiger partial charge >= 0.3 is 11.7 Å². The molecule has 1 aliphatic heterocycles. The average Bonchev–Trinajstić information content (AvgIpc) is 2.83. The predicted octanol–water partition coefficient (Wildman–Crippen LogP) is 2.51. The lowest BCUT2D eigenvalue weighted by atomic mass is 9.80. The number of aryl methyl sites for hydroxylation is 1. The van der Waals surface area contributed by atoms with Gasteiger partial charge in [0.1, 0.15) is 5.82 Å². The van der Waals surface area contributed by atoms with Gasteiger partial charge in [0.05, 0.1) is 23.4 Å². The Morgan fingerprint density at radius 1 is 1.09 bits per heavy atom. The third-order valence-corrected chi connectivity index (χ3v) is 6.48. The zero-order valence-corrected chi connectivity index (χ0v) is 18.9. The highest BCUT2D eigenvalue weighted by atomic mass is 19.1. The number of benzene rings is 2. The van der Waals surface area contributed by atoms with Crippen LogP contribution in [0.5, 0.6) is 0 Å². The van der Waals surface area contributed by atoms with E-state index in [-0.39, 0.29) is 42.1 Å². The number of hydrogen-bond acceptors (Lipinski definition) is 5. The third-order valence-electron chi connectivity index (χ3n) is 6.48. The molecule has 0 aliphatic carbocycles. The van der Waals surface area contributed by atoms with E-state index >= 15 is 0 Å². The van der Waals surface area contributed by atoms with Crippen LogP contribution in [0, 0.1) is 11.7 Å². The quantitative estimate of drug-likeness (QED) is 0.537. The van der Waals surface area contributed by atoms with Crippen molar-refractivity contribution in [1.82, 2.24) is 14.0 Å². The van der Waals surface area contributed by atoms with Crippen molar-refractivity contribution in [1.29, 1.82) is 0 Å². The predicted molar refractivity (Wildman–Crippen MR) is 124 cm³/mol. The van der Waals surface area contributed by atoms with Gasteiger partial charge in [0, 0.05) is 26.7 Å². The molecule has 0 N–H and O–H groups in total. The molecule has 8 heteroatoms. The number of nitrogens with zero attached hydrogens (tertiary/aromatic N) is 3. The maximum Gasteiger partial charge on any atom is 0.331 e. The Hall–Kier alpha value is -3.26. The van der Waals surface area contributed by atoms with Gasteiger partial charge in [-0.2, -0.15) is 0 Å². The number of esters is 1. The summed E-state index contributed by atoms with van der Waals surface area (Å²) in [6.45, 7) is 3.89. The van der Waals surface area contributed by atoms with Gasteiger partial charge in [-0.3, -0.25) is 18.7 Å². The minimum absolute atomic E-state index is 0.0721. The fourth-order valence-corrected chi connectivity index (χ4v) is 4.72. The first kappa shape index (κ1) is 22.9. The van der Waals surface area contributed by atoms with Gasteiger partial charge in [-0.15, -0.1) is 0 Å². The number of carbonyl (C=O) groups excluding carboxylic acids is 1. The van der Waals surface area contributed by atoms with E-state index < -0.39 is 5.92 Å². The van der Waals surface area contributed by atoms with E-state index in [0.717, 1.165) is 5.56 Å². The molecule has 1 saturated heterocycles. The van der Waals surface area contributed by atoms with Crippen molar-refractivity contribution < 1.29 is 13.9 Å². The summed E-state index contributed by atoms with van der Waals surface area (Å²) in [6, 6.07) is 13.3. The van der Waals surface area contributed by atoms with Crippen LogP contribution in [0.2, 0.25) is 0 Å². The summed E-state index contributed by atoms with van der Waals surface area (Å²) in [7, 11) is 1.66. The highest BCUT2D eigenvalue weighted by Crippen LogP contribution is 2.34. The normalized spacial score (nSPS) is 19.0. The number of fused-ring (bicyclic) bond motifs is 1. The second kappa shape index (κ2) is 9.70. The van der Waals surface area contributed by atoms with Crippen LogP contribution in [0.4, 0.5) is 4.39 Å². The molecular formula is C25H28FN3O4. The molecule has 3 aromatic rings. The summed E-state index contributed by atoms with van der Waals surface area (Å²) in [5.41, 5.74) is 0.846. The summed E-state index contributed by atoms with van der Waals surface area (Å²) in [5.74, 6) is -1.07. The summed E-state index contributed by atoms with van der Waals surface area (Å²) in [5, 5.41) is 0.499. The molecule has 2 heterocycles. The zero-order chi connectivity index (χ0) is 23.5. The standard InChI is InChI=1S/C25H28FN3O4/c1-3-33-24(31)21-16-28(13-12-19(21)17-8-10-18(26)11-9-17)14-15-29-23(30)20-6-4-5-7-22(20)27(2)25(29)32/h4-11,19,21H,3,12-16H2,1-2H3/t19-,21-/m1/s1. The number of hydrogen-bond donors (Lipinski definition) is 0. The monoisotopic (exact) mass is 453 g/mol. The molecule has 0 unspecified atom stereocenters. The van der Waals surface area contributed by atoms with Gasteiger partial charge in [0.2, 0.25) is 0 Å². The van der Waals surface area contributed by atoms with Gasteiger partial charge < -0.3 is 9.64 Å². The second-order valence-electron chi connectivity index (χ2n) is 8.42. The topological polar surface area (TPSA) is 73.5 Å². The number of rotatable bonds is 6. The third kappa shape index (κ3) is 4.61. The Morgan fingerprint density at radius 3 is 2.55 bits per heavy atom. The molecule has 0 saturated carbocycles. The van der Waals surface area contributed by atoms with Crippen LogP contribution in [0.25, 0.3) is 10.9 Å². The maximum absolute atomic E-state index is 13.4. The molecular weight excluding hydrogens is 425 g/mol. The molecule has 1 aromatic heterocycles. The van der Waals surface area contributed by atoms with Crippen molar-refractivity contribution in [2.75, 3.05) is 26.2 Å². The Kier molecular flexibility index (Phi) is 6.74. The largest absolute Gasteiger partial charge is 0.466 e. The number of ether oxygens (including phenoxy) is 1. The molecule has 0 spiro atoms. The first-order chi connectivity index (χ1) is 15.9. The van der Waals surface area contributed by atoms with Crippen LogP contribution >= 0.6 is 0 Å². The molecule has 1 aliphatic rings. The van der Waals surface area contributed by atoms with Crippen molar-refractivity contribution in [2.24, 2.45) is 13.0 Å². The lowest BCUT2D eigenvalue weighted by molar-refractivity contribution is -0.150. The Bertz CT molecular complexity index is 1270. The van der Waals surface area contributed by atoms with E-state index in [9.17, 15) is 18.8 Å². The molecule has 2 aromatic carbocycles. The Labute approximate surface area is 191 Å². The molecule has 1 fully saturated rings. The van der Waals surface area contributed by atoms with Gasteiger partial charge in [-0.1, -0.05) is 24.3 Å². The minimum Gasteiger partial charge on any atom is -0.466 e. The van der Waals surface area contributed by atoms with Crippen LogP contribution in [-0.4, -0.2) is 46.2 Å². The number of carbonyl (C=O) groups is 1. The van der Waals surface area contributed by atoms with Gasteiger partial charge in [-0.25, -0.2) is 9.18 Å². The van der Waals surface area contributed by atoms with Crippen LogP contribution in [-0.2, 0) is 23.1 Å². The minimum atomic E-state index is -0.402. The molecule has 0 bridgehead atoms. The summed E-state index contributed by atoms with van der Waals surface area (Å²) >= 11 is 0. The maximum atomic E-state index is 13.4. The lowest BCUT2D eigenvalue weighted by Crippen LogP contribution is -2.47. The van der Waals surface area contributed by atoms with E-state index in [1.807, 2.05) is 0 Å². The van der Waals surface area contributed by atoms with E-state index in [1.165, 1.54) is 21.3 Å². The van der Waals surface area contributed by atoms with Crippen LogP contribution < -0.4 is 11.2 Å². The van der Waals surface area contributed by atoms with E-state index in [4.69, 9.17) is 4.74 Å². The summed E-state index contributed by atoms with van der Waals surface area (Å²) in [6.07, 6.45) is 0.694. The van der Waals surface area contributed by atoms with Crippen LogP contribution in [0.15, 0.2) is 58.1 Å². The van der Waals surface area contributed by atoms with Crippen molar-refractivity contribution in [3.63, 3.8) is 0 Å². The zero-order valence-electron chi connectivity index (χ0n) is 18.9. The molecule has 0 amide bonds. The first-order valence-corrected chi connectivity index (χ1v) is 11.2. The second-order valence-corrected chi connectivity index (χ2v) is 8.42. The number of para-hydroxylation sites is 1. The molecule has 7 nitrogen and oxygen atoms in total. The number of likely N-dealkylation sites (tertiary alicyclic amines) is 1. The highest BCUT2D eigenvalue weighted by Gasteiger charge is 2.36. The summed E-state index contributed by atoms with van der Waals surface area (Å²) < 4.78 is 21.5. The van der Waals surface area contributed by atoms with Crippen molar-refractivity contribution in [3.05, 3.63) is 80.7 Å². The average molecular weight is 454 g/mol. The highest BCUT2D eigenvalue weighted by molar-refractivity contribution is 5.77. The molecule has 2 atom stereocenters. The van der Waals surface area contributed by atoms with E-state index in [2.05, 4.69) is 4.90 Å². The van der Waals surface area contributed by atoms with Crippen molar-refractivity contribution in [2.45, 2.75) is 25.8 Å². The lowest BCUT2D eigenvalue weighted by Gasteiger charge is -2.37. The fourth-order valence-electron chi connectivity index (χ4n) is 4.72. The van der Waals surface area contributed by atoms with Crippen molar-refractivity contribution >= 4 is 16.9 Å². The number of halogens is 1. The molecule has 33 heavy (non-hydrogen) atoms. The fraction of sp³-hybridized carbons (Fsp3) is 0.400. The molecule has 4 rings (SSSR count). The van der Waals surface area contributed by atoms with Gasteiger partial charge in [-0.05, 0) is 55.6 Å². The van der Waals surface area contributed by atoms with Crippen molar-refractivity contribution in [3.8, 4) is 0 Å². The molecule has 0 radical (unpaired) electrons. The Balaban J connectivity index is 1.54. The van der Waals surface area contributed by atoms with Gasteiger partial charge in [0.15, 0.2) is 0 Å². The number of piperidine rings is 1. The van der Waals surface area contributed by atoms with E-state index in [1.54, 1.807) is 50.4 Å². The van der Waals surface area contributed by atoms with E-state index in [0.29, 0.717) is 37.0 Å². The van der Waals surface area contributed by atoms with Gasteiger partial charge in [0.25, 0.3) is 5.56 Å². The Morgan fingerprint density at radius 2 is 1.82 bits per heavy atom. The summed E-state index contributed by atoms with van der Waals surface area (Å²) in [4.78, 5) is 40.5. The van der Waals surface area contributed by atoms with Crippen LogP contribution in [0.3, 0.4) is 0 Å².